The van der Waals surface area contributed by atoms with Crippen LogP contribution >= 0.6 is 0 Å². The Balaban J connectivity index is 1.97. The predicted octanol–water partition coefficient (Wildman–Crippen LogP) is 3.27. The number of likely N-dealkylation sites (tertiary alicyclic amines) is 1. The van der Waals surface area contributed by atoms with E-state index in [1.165, 1.54) is 12.1 Å². The van der Waals surface area contributed by atoms with Crippen molar-refractivity contribution >= 4 is 11.6 Å². The Morgan fingerprint density at radius 2 is 1.95 bits per heavy atom. The van der Waals surface area contributed by atoms with E-state index in [2.05, 4.69) is 5.32 Å². The van der Waals surface area contributed by atoms with Crippen molar-refractivity contribution < 1.29 is 9.18 Å². The third-order valence-electron chi connectivity index (χ3n) is 3.57. The summed E-state index contributed by atoms with van der Waals surface area (Å²) in [4.78, 5) is 14.2. The summed E-state index contributed by atoms with van der Waals surface area (Å²) in [6.07, 6.45) is 2.03. The van der Waals surface area contributed by atoms with Crippen molar-refractivity contribution in [3.63, 3.8) is 0 Å². The van der Waals surface area contributed by atoms with E-state index in [1.807, 2.05) is 25.7 Å². The van der Waals surface area contributed by atoms with Gasteiger partial charge in [-0.05, 0) is 37.1 Å². The maximum absolute atomic E-state index is 12.9. The van der Waals surface area contributed by atoms with Crippen LogP contribution in [0, 0.1) is 11.2 Å². The first-order chi connectivity index (χ1) is 9.36. The zero-order valence-corrected chi connectivity index (χ0v) is 12.4. The Morgan fingerprint density at radius 3 is 2.55 bits per heavy atom. The molecule has 1 aromatic rings. The number of benzene rings is 1. The van der Waals surface area contributed by atoms with E-state index in [1.54, 1.807) is 12.1 Å². The van der Waals surface area contributed by atoms with E-state index >= 15 is 0 Å². The summed E-state index contributed by atoms with van der Waals surface area (Å²) in [6, 6.07) is 6.60. The van der Waals surface area contributed by atoms with Gasteiger partial charge in [0, 0.05) is 30.2 Å². The van der Waals surface area contributed by atoms with Crippen molar-refractivity contribution in [2.75, 3.05) is 18.4 Å². The molecule has 3 nitrogen and oxygen atoms in total. The van der Waals surface area contributed by atoms with Gasteiger partial charge in [0.2, 0.25) is 5.91 Å². The molecule has 1 N–H and O–H groups in total. The summed E-state index contributed by atoms with van der Waals surface area (Å²) < 4.78 is 12.9. The first-order valence-corrected chi connectivity index (χ1v) is 7.18. The quantitative estimate of drug-likeness (QED) is 0.900. The van der Waals surface area contributed by atoms with Gasteiger partial charge in [0.05, 0.1) is 0 Å². The van der Waals surface area contributed by atoms with Crippen molar-refractivity contribution in [2.24, 2.45) is 5.41 Å². The second-order valence-electron chi connectivity index (χ2n) is 6.49. The van der Waals surface area contributed by atoms with E-state index in [0.29, 0.717) is 6.54 Å². The minimum atomic E-state index is -0.336. The van der Waals surface area contributed by atoms with Gasteiger partial charge in [0.25, 0.3) is 0 Å². The van der Waals surface area contributed by atoms with E-state index in [4.69, 9.17) is 0 Å². The molecular formula is C16H23FN2O. The number of rotatable bonds is 2. The molecule has 0 bridgehead atoms. The van der Waals surface area contributed by atoms with Crippen LogP contribution in [0.3, 0.4) is 0 Å². The molecule has 1 aliphatic heterocycles. The molecule has 1 aromatic carbocycles. The van der Waals surface area contributed by atoms with Crippen molar-refractivity contribution in [3.8, 4) is 0 Å². The van der Waals surface area contributed by atoms with Gasteiger partial charge in [0.1, 0.15) is 5.82 Å². The fourth-order valence-corrected chi connectivity index (χ4v) is 2.54. The fourth-order valence-electron chi connectivity index (χ4n) is 2.54. The third-order valence-corrected chi connectivity index (χ3v) is 3.57. The Hall–Kier alpha value is -1.58. The Morgan fingerprint density at radius 1 is 1.30 bits per heavy atom. The highest BCUT2D eigenvalue weighted by atomic mass is 19.1. The van der Waals surface area contributed by atoms with Crippen molar-refractivity contribution in [1.29, 1.82) is 0 Å². The van der Waals surface area contributed by atoms with Crippen LogP contribution in [0.15, 0.2) is 24.3 Å². The number of piperidine rings is 1. The zero-order chi connectivity index (χ0) is 14.8. The Bertz CT molecular complexity index is 464. The standard InChI is InChI=1S/C16H23FN2O/c1-16(2,3)15(20)19-10-4-5-14(11-19)18-13-8-6-12(17)7-9-13/h6-9,14,18H,4-5,10-11H2,1-3H3/t14-/m1/s1. The maximum Gasteiger partial charge on any atom is 0.228 e. The molecule has 1 atom stereocenters. The molecule has 4 heteroatoms. The van der Waals surface area contributed by atoms with Gasteiger partial charge in [-0.2, -0.15) is 0 Å². The molecule has 1 aliphatic rings. The van der Waals surface area contributed by atoms with Gasteiger partial charge >= 0.3 is 0 Å². The smallest absolute Gasteiger partial charge is 0.228 e. The van der Waals surface area contributed by atoms with Crippen LogP contribution in [0.5, 0.6) is 0 Å². The number of carbonyl (C=O) groups excluding carboxylic acids is 1. The van der Waals surface area contributed by atoms with Crippen LogP contribution in [0.2, 0.25) is 0 Å². The molecule has 0 radical (unpaired) electrons. The van der Waals surface area contributed by atoms with Crippen molar-refractivity contribution in [2.45, 2.75) is 39.7 Å². The fraction of sp³-hybridized carbons (Fsp3) is 0.562. The molecule has 0 spiro atoms. The first kappa shape index (κ1) is 14.8. The number of anilines is 1. The van der Waals surface area contributed by atoms with Crippen molar-refractivity contribution in [1.82, 2.24) is 4.90 Å². The average molecular weight is 278 g/mol. The van der Waals surface area contributed by atoms with Crippen LogP contribution in [0.4, 0.5) is 10.1 Å². The molecule has 20 heavy (non-hydrogen) atoms. The monoisotopic (exact) mass is 278 g/mol. The van der Waals surface area contributed by atoms with Crippen LogP contribution in [0.1, 0.15) is 33.6 Å². The lowest BCUT2D eigenvalue weighted by molar-refractivity contribution is -0.140. The molecule has 1 amide bonds. The van der Waals surface area contributed by atoms with Gasteiger partial charge in [-0.3, -0.25) is 4.79 Å². The molecule has 0 unspecified atom stereocenters. The van der Waals surface area contributed by atoms with Crippen molar-refractivity contribution in [3.05, 3.63) is 30.1 Å². The summed E-state index contributed by atoms with van der Waals surface area (Å²) in [5.41, 5.74) is 0.569. The highest BCUT2D eigenvalue weighted by molar-refractivity contribution is 5.81. The Labute approximate surface area is 120 Å². The summed E-state index contributed by atoms with van der Waals surface area (Å²) in [5, 5.41) is 3.38. The minimum absolute atomic E-state index is 0.197. The number of hydrogen-bond donors (Lipinski definition) is 1. The van der Waals surface area contributed by atoms with Gasteiger partial charge in [-0.1, -0.05) is 20.8 Å². The Kier molecular flexibility index (Phi) is 4.31. The average Bonchev–Trinajstić information content (AvgIpc) is 2.40. The number of amides is 1. The molecule has 2 rings (SSSR count). The molecule has 1 fully saturated rings. The minimum Gasteiger partial charge on any atom is -0.381 e. The highest BCUT2D eigenvalue weighted by Crippen LogP contribution is 2.22. The lowest BCUT2D eigenvalue weighted by atomic mass is 9.93. The number of nitrogens with zero attached hydrogens (tertiary/aromatic N) is 1. The number of hydrogen-bond acceptors (Lipinski definition) is 2. The van der Waals surface area contributed by atoms with E-state index in [-0.39, 0.29) is 23.2 Å². The number of halogens is 1. The van der Waals surface area contributed by atoms with Gasteiger partial charge in [-0.15, -0.1) is 0 Å². The van der Waals surface area contributed by atoms with E-state index < -0.39 is 0 Å². The molecular weight excluding hydrogens is 255 g/mol. The number of nitrogens with one attached hydrogen (secondary N) is 1. The van der Waals surface area contributed by atoms with Gasteiger partial charge < -0.3 is 10.2 Å². The summed E-state index contributed by atoms with van der Waals surface area (Å²) in [5.74, 6) is -0.0353. The van der Waals surface area contributed by atoms with Crippen LogP contribution in [-0.2, 0) is 4.79 Å². The summed E-state index contributed by atoms with van der Waals surface area (Å²) >= 11 is 0. The number of carbonyl (C=O) groups is 1. The SMILES string of the molecule is CC(C)(C)C(=O)N1CCC[C@@H](Nc2ccc(F)cc2)C1. The zero-order valence-electron chi connectivity index (χ0n) is 12.4. The molecule has 0 saturated carbocycles. The molecule has 1 heterocycles. The van der Waals surface area contributed by atoms with Crippen LogP contribution in [0.25, 0.3) is 0 Å². The third kappa shape index (κ3) is 3.71. The molecule has 1 saturated heterocycles. The molecule has 110 valence electrons. The van der Waals surface area contributed by atoms with E-state index in [9.17, 15) is 9.18 Å². The van der Waals surface area contributed by atoms with Gasteiger partial charge in [-0.25, -0.2) is 4.39 Å². The second kappa shape index (κ2) is 5.81. The normalized spacial score (nSPS) is 19.8. The van der Waals surface area contributed by atoms with Gasteiger partial charge in [0.15, 0.2) is 0 Å². The molecule has 0 aliphatic carbocycles. The van der Waals surface area contributed by atoms with E-state index in [0.717, 1.165) is 25.1 Å². The highest BCUT2D eigenvalue weighted by Gasteiger charge is 2.30. The van der Waals surface area contributed by atoms with Crippen LogP contribution < -0.4 is 5.32 Å². The second-order valence-corrected chi connectivity index (χ2v) is 6.49. The lowest BCUT2D eigenvalue weighted by Crippen LogP contribution is -2.48. The maximum atomic E-state index is 12.9. The summed E-state index contributed by atoms with van der Waals surface area (Å²) in [6.45, 7) is 7.40. The topological polar surface area (TPSA) is 32.3 Å². The lowest BCUT2D eigenvalue weighted by Gasteiger charge is -2.37. The largest absolute Gasteiger partial charge is 0.381 e. The van der Waals surface area contributed by atoms with Crippen LogP contribution in [-0.4, -0.2) is 29.9 Å². The summed E-state index contributed by atoms with van der Waals surface area (Å²) in [7, 11) is 0. The predicted molar refractivity (Wildman–Crippen MR) is 79.1 cm³/mol. The first-order valence-electron chi connectivity index (χ1n) is 7.18. The molecule has 0 aromatic heterocycles.